The van der Waals surface area contributed by atoms with E-state index in [2.05, 4.69) is 30.7 Å². The maximum Gasteiger partial charge on any atom is 0.159 e. The number of aromatic nitrogens is 2. The summed E-state index contributed by atoms with van der Waals surface area (Å²) in [4.78, 5) is 8.91. The molecule has 166 valence electrons. The lowest BCUT2D eigenvalue weighted by Gasteiger charge is -2.09. The monoisotopic (exact) mass is 412 g/mol. The lowest BCUT2D eigenvalue weighted by molar-refractivity contribution is 0.300. The molecule has 0 aliphatic rings. The molecule has 0 bridgehead atoms. The van der Waals surface area contributed by atoms with Gasteiger partial charge in [-0.1, -0.05) is 72.1 Å². The topological polar surface area (TPSA) is 44.2 Å². The van der Waals surface area contributed by atoms with Gasteiger partial charge < -0.3 is 9.47 Å². The van der Waals surface area contributed by atoms with Gasteiger partial charge in [-0.25, -0.2) is 9.97 Å². The van der Waals surface area contributed by atoms with Crippen LogP contribution in [-0.2, 0) is 0 Å². The van der Waals surface area contributed by atoms with Crippen LogP contribution < -0.4 is 9.47 Å². The first-order chi connectivity index (χ1) is 14.7. The standard InChI is InChI=1S/C26H40N2O2/c1-4-6-7-8-11-18-29-24-16-14-23(15-17-24)26-27-20-25(21-28-26)30-19-12-9-10-13-22(3)5-2/h14-17,20-22H,4-13,18-19H2,1-3H3. The van der Waals surface area contributed by atoms with Gasteiger partial charge in [0.25, 0.3) is 0 Å². The highest BCUT2D eigenvalue weighted by atomic mass is 16.5. The first-order valence-electron chi connectivity index (χ1n) is 11.9. The van der Waals surface area contributed by atoms with E-state index in [0.717, 1.165) is 49.0 Å². The Labute approximate surface area is 183 Å². The van der Waals surface area contributed by atoms with Crippen LogP contribution in [-0.4, -0.2) is 23.2 Å². The van der Waals surface area contributed by atoms with Crippen LogP contribution in [0.5, 0.6) is 11.5 Å². The number of nitrogens with zero attached hydrogens (tertiary/aromatic N) is 2. The van der Waals surface area contributed by atoms with Gasteiger partial charge in [-0.2, -0.15) is 0 Å². The minimum Gasteiger partial charge on any atom is -0.494 e. The molecule has 0 fully saturated rings. The van der Waals surface area contributed by atoms with E-state index in [1.165, 1.54) is 51.4 Å². The molecule has 1 heterocycles. The molecule has 0 aliphatic heterocycles. The first kappa shape index (κ1) is 24.2. The second-order valence-electron chi connectivity index (χ2n) is 8.24. The summed E-state index contributed by atoms with van der Waals surface area (Å²) < 4.78 is 11.6. The van der Waals surface area contributed by atoms with Crippen molar-refractivity contribution in [2.24, 2.45) is 5.92 Å². The Morgan fingerprint density at radius 2 is 1.33 bits per heavy atom. The van der Waals surface area contributed by atoms with Crippen molar-refractivity contribution in [3.8, 4) is 22.9 Å². The average molecular weight is 413 g/mol. The molecule has 0 saturated carbocycles. The minimum atomic E-state index is 0.710. The van der Waals surface area contributed by atoms with Crippen molar-refractivity contribution in [1.29, 1.82) is 0 Å². The third-order valence-electron chi connectivity index (χ3n) is 5.56. The summed E-state index contributed by atoms with van der Waals surface area (Å²) in [7, 11) is 0. The molecule has 2 rings (SSSR count). The molecule has 1 atom stereocenters. The zero-order valence-electron chi connectivity index (χ0n) is 19.2. The Hall–Kier alpha value is -2.10. The van der Waals surface area contributed by atoms with Crippen LogP contribution in [0, 0.1) is 5.92 Å². The van der Waals surface area contributed by atoms with Crippen LogP contribution in [0.15, 0.2) is 36.7 Å². The van der Waals surface area contributed by atoms with Gasteiger partial charge in [0.05, 0.1) is 25.6 Å². The van der Waals surface area contributed by atoms with E-state index in [0.29, 0.717) is 5.82 Å². The summed E-state index contributed by atoms with van der Waals surface area (Å²) >= 11 is 0. The quantitative estimate of drug-likeness (QED) is 0.268. The van der Waals surface area contributed by atoms with Crippen LogP contribution in [0.4, 0.5) is 0 Å². The average Bonchev–Trinajstić information content (AvgIpc) is 2.79. The van der Waals surface area contributed by atoms with Gasteiger partial charge in [-0.05, 0) is 43.0 Å². The van der Waals surface area contributed by atoms with Crippen LogP contribution in [0.25, 0.3) is 11.4 Å². The maximum atomic E-state index is 5.83. The number of hydrogen-bond donors (Lipinski definition) is 0. The Morgan fingerprint density at radius 3 is 1.97 bits per heavy atom. The predicted octanol–water partition coefficient (Wildman–Crippen LogP) is 7.48. The lowest BCUT2D eigenvalue weighted by atomic mass is 10.0. The maximum absolute atomic E-state index is 5.83. The van der Waals surface area contributed by atoms with Crippen molar-refractivity contribution in [3.63, 3.8) is 0 Å². The van der Waals surface area contributed by atoms with E-state index in [4.69, 9.17) is 9.47 Å². The van der Waals surface area contributed by atoms with Crippen LogP contribution in [0.2, 0.25) is 0 Å². The normalized spacial score (nSPS) is 12.0. The van der Waals surface area contributed by atoms with Gasteiger partial charge in [-0.3, -0.25) is 0 Å². The van der Waals surface area contributed by atoms with E-state index in [-0.39, 0.29) is 0 Å². The van der Waals surface area contributed by atoms with Gasteiger partial charge in [0.2, 0.25) is 0 Å². The van der Waals surface area contributed by atoms with Gasteiger partial charge in [0.1, 0.15) is 5.75 Å². The fourth-order valence-corrected chi connectivity index (χ4v) is 3.30. The van der Waals surface area contributed by atoms with Gasteiger partial charge >= 0.3 is 0 Å². The molecule has 4 nitrogen and oxygen atoms in total. The van der Waals surface area contributed by atoms with Gasteiger partial charge in [-0.15, -0.1) is 0 Å². The molecule has 0 amide bonds. The Kier molecular flexibility index (Phi) is 11.9. The largest absolute Gasteiger partial charge is 0.494 e. The number of ether oxygens (including phenoxy) is 2. The number of unbranched alkanes of at least 4 members (excludes halogenated alkanes) is 6. The van der Waals surface area contributed by atoms with Crippen LogP contribution in [0.3, 0.4) is 0 Å². The van der Waals surface area contributed by atoms with E-state index in [9.17, 15) is 0 Å². The fraction of sp³-hybridized carbons (Fsp3) is 0.615. The van der Waals surface area contributed by atoms with E-state index >= 15 is 0 Å². The van der Waals surface area contributed by atoms with Gasteiger partial charge in [0.15, 0.2) is 11.6 Å². The molecule has 0 aliphatic carbocycles. The molecule has 0 saturated heterocycles. The highest BCUT2D eigenvalue weighted by molar-refractivity contribution is 5.56. The summed E-state index contributed by atoms with van der Waals surface area (Å²) in [5.41, 5.74) is 0.988. The summed E-state index contributed by atoms with van der Waals surface area (Å²) in [6.45, 7) is 8.33. The van der Waals surface area contributed by atoms with Crippen molar-refractivity contribution in [1.82, 2.24) is 9.97 Å². The highest BCUT2D eigenvalue weighted by Gasteiger charge is 2.04. The Bertz CT molecular complexity index is 670. The molecule has 0 radical (unpaired) electrons. The number of hydrogen-bond acceptors (Lipinski definition) is 4. The summed E-state index contributed by atoms with van der Waals surface area (Å²) in [5, 5.41) is 0. The van der Waals surface area contributed by atoms with E-state index in [1.807, 2.05) is 24.3 Å². The summed E-state index contributed by atoms with van der Waals surface area (Å²) in [6.07, 6.45) is 16.0. The molecule has 0 N–H and O–H groups in total. The highest BCUT2D eigenvalue weighted by Crippen LogP contribution is 2.21. The van der Waals surface area contributed by atoms with Crippen molar-refractivity contribution in [2.75, 3.05) is 13.2 Å². The van der Waals surface area contributed by atoms with E-state index < -0.39 is 0 Å². The Morgan fingerprint density at radius 1 is 0.733 bits per heavy atom. The minimum absolute atomic E-state index is 0.710. The third-order valence-corrected chi connectivity index (χ3v) is 5.56. The summed E-state index contributed by atoms with van der Waals surface area (Å²) in [6, 6.07) is 8.02. The molecular formula is C26H40N2O2. The first-order valence-corrected chi connectivity index (χ1v) is 11.9. The van der Waals surface area contributed by atoms with Gasteiger partial charge in [0, 0.05) is 5.56 Å². The van der Waals surface area contributed by atoms with Crippen molar-refractivity contribution < 1.29 is 9.47 Å². The number of benzene rings is 1. The zero-order valence-corrected chi connectivity index (χ0v) is 19.2. The van der Waals surface area contributed by atoms with E-state index in [1.54, 1.807) is 12.4 Å². The molecule has 0 spiro atoms. The number of rotatable bonds is 16. The smallest absolute Gasteiger partial charge is 0.159 e. The molecule has 1 aromatic carbocycles. The third kappa shape index (κ3) is 9.60. The fourth-order valence-electron chi connectivity index (χ4n) is 3.30. The Balaban J connectivity index is 1.67. The second kappa shape index (κ2) is 14.8. The van der Waals surface area contributed by atoms with Crippen molar-refractivity contribution >= 4 is 0 Å². The molecular weight excluding hydrogens is 372 g/mol. The molecule has 1 aromatic heterocycles. The van der Waals surface area contributed by atoms with Crippen LogP contribution >= 0.6 is 0 Å². The second-order valence-corrected chi connectivity index (χ2v) is 8.24. The van der Waals surface area contributed by atoms with Crippen molar-refractivity contribution in [3.05, 3.63) is 36.7 Å². The SMILES string of the molecule is CCCCCCCOc1ccc(-c2ncc(OCCCCCC(C)CC)cn2)cc1. The summed E-state index contributed by atoms with van der Waals surface area (Å²) in [5.74, 6) is 3.19. The molecule has 1 unspecified atom stereocenters. The molecule has 4 heteroatoms. The zero-order chi connectivity index (χ0) is 21.4. The molecule has 30 heavy (non-hydrogen) atoms. The molecule has 2 aromatic rings. The predicted molar refractivity (Wildman–Crippen MR) is 125 cm³/mol. The van der Waals surface area contributed by atoms with Crippen molar-refractivity contribution in [2.45, 2.75) is 85.0 Å². The van der Waals surface area contributed by atoms with Crippen LogP contribution in [0.1, 0.15) is 85.0 Å². The lowest BCUT2D eigenvalue weighted by Crippen LogP contribution is -2.00.